The van der Waals surface area contributed by atoms with Crippen LogP contribution >= 0.6 is 11.6 Å². The van der Waals surface area contributed by atoms with Gasteiger partial charge in [-0.3, -0.25) is 9.59 Å². The lowest BCUT2D eigenvalue weighted by Crippen LogP contribution is -2.46. The fraction of sp³-hybridized carbons (Fsp3) is 0.381. The Morgan fingerprint density at radius 3 is 2.66 bits per heavy atom. The van der Waals surface area contributed by atoms with Crippen molar-refractivity contribution in [2.45, 2.75) is 33.2 Å². The first kappa shape index (κ1) is 21.0. The Morgan fingerprint density at radius 2 is 2.03 bits per heavy atom. The number of anilines is 2. The highest BCUT2D eigenvalue weighted by Crippen LogP contribution is 2.36. The Kier molecular flexibility index (Phi) is 6.37. The summed E-state index contributed by atoms with van der Waals surface area (Å²) in [5.41, 5.74) is 2.04. The number of pyridine rings is 1. The average Bonchev–Trinajstić information content (AvgIpc) is 2.69. The fourth-order valence-corrected chi connectivity index (χ4v) is 3.22. The van der Waals surface area contributed by atoms with Crippen LogP contribution in [0.5, 0.6) is 5.88 Å². The lowest BCUT2D eigenvalue weighted by molar-refractivity contribution is -0.119. The van der Waals surface area contributed by atoms with E-state index in [4.69, 9.17) is 16.3 Å². The molecular weight excluding hydrogens is 397 g/mol. The molecule has 0 radical (unpaired) electrons. The number of nitrogens with one attached hydrogen (secondary N) is 1. The molecule has 0 aliphatic carbocycles. The van der Waals surface area contributed by atoms with Crippen LogP contribution in [0.25, 0.3) is 0 Å². The molecule has 0 saturated heterocycles. The molecule has 6 nitrogen and oxygen atoms in total. The molecule has 0 spiro atoms. The Balaban J connectivity index is 2.06. The van der Waals surface area contributed by atoms with Gasteiger partial charge in [0.05, 0.1) is 6.04 Å². The van der Waals surface area contributed by atoms with Gasteiger partial charge in [0.25, 0.3) is 0 Å². The van der Waals surface area contributed by atoms with Crippen LogP contribution in [0.4, 0.5) is 15.9 Å². The van der Waals surface area contributed by atoms with E-state index in [1.807, 2.05) is 6.92 Å². The van der Waals surface area contributed by atoms with Gasteiger partial charge >= 0.3 is 0 Å². The van der Waals surface area contributed by atoms with Crippen LogP contribution in [0, 0.1) is 11.7 Å². The highest BCUT2D eigenvalue weighted by molar-refractivity contribution is 6.29. The molecule has 1 aliphatic heterocycles. The highest BCUT2D eigenvalue weighted by Gasteiger charge is 2.31. The van der Waals surface area contributed by atoms with E-state index in [9.17, 15) is 14.0 Å². The molecule has 0 bridgehead atoms. The summed E-state index contributed by atoms with van der Waals surface area (Å²) >= 11 is 5.79. The predicted molar refractivity (Wildman–Crippen MR) is 110 cm³/mol. The van der Waals surface area contributed by atoms with Gasteiger partial charge in [-0.2, -0.15) is 4.98 Å². The van der Waals surface area contributed by atoms with Crippen LogP contribution in [0.3, 0.4) is 0 Å². The van der Waals surface area contributed by atoms with Gasteiger partial charge in [0, 0.05) is 17.9 Å². The molecule has 0 fully saturated rings. The molecule has 1 atom stereocenters. The first-order valence-corrected chi connectivity index (χ1v) is 9.93. The summed E-state index contributed by atoms with van der Waals surface area (Å²) in [7, 11) is 0. The number of carbonyl (C=O) groups is 2. The van der Waals surface area contributed by atoms with E-state index in [1.54, 1.807) is 36.9 Å². The number of fused-ring (bicyclic) bond motifs is 1. The molecule has 1 aliphatic rings. The van der Waals surface area contributed by atoms with Gasteiger partial charge in [-0.25, -0.2) is 4.39 Å². The summed E-state index contributed by atoms with van der Waals surface area (Å²) in [5.74, 6) is -0.535. The zero-order valence-corrected chi connectivity index (χ0v) is 17.3. The summed E-state index contributed by atoms with van der Waals surface area (Å²) in [5, 5.41) is 2.83. The van der Waals surface area contributed by atoms with Crippen LogP contribution in [-0.2, 0) is 16.0 Å². The van der Waals surface area contributed by atoms with Crippen molar-refractivity contribution in [2.24, 2.45) is 5.92 Å². The van der Waals surface area contributed by atoms with Gasteiger partial charge in [-0.1, -0.05) is 26.0 Å². The molecular formula is C21H23ClFN3O3. The molecule has 29 heavy (non-hydrogen) atoms. The smallest absolute Gasteiger partial charge is 0.242 e. The zero-order chi connectivity index (χ0) is 21.1. The number of hydrogen-bond donors (Lipinski definition) is 1. The third kappa shape index (κ3) is 4.67. The van der Waals surface area contributed by atoms with Crippen LogP contribution in [0.2, 0.25) is 0 Å². The molecule has 2 aromatic rings. The molecule has 3 rings (SSSR count). The van der Waals surface area contributed by atoms with Gasteiger partial charge in [0.15, 0.2) is 0 Å². The summed E-state index contributed by atoms with van der Waals surface area (Å²) in [6.45, 7) is 5.71. The lowest BCUT2D eigenvalue weighted by atomic mass is 10.0. The molecule has 2 heterocycles. The maximum absolute atomic E-state index is 13.3. The van der Waals surface area contributed by atoms with E-state index in [1.165, 1.54) is 12.1 Å². The molecule has 154 valence electrons. The third-order valence-electron chi connectivity index (χ3n) is 4.67. The second kappa shape index (κ2) is 8.78. The number of halogens is 2. The molecule has 0 saturated carbocycles. The van der Waals surface area contributed by atoms with Gasteiger partial charge in [0.2, 0.25) is 17.7 Å². The highest BCUT2D eigenvalue weighted by atomic mass is 35.5. The number of amides is 2. The standard InChI is InChI=1S/C21H23ClFN3O3/c1-12(2)20(28)24-19-15(8-14-4-6-16(23)7-5-14)9-17-21(25-19)29-11-13(3)26(17)18(27)10-22/h4-7,9,12-13H,8,10-11H2,1-3H3,(H,24,25,28)/t13-/m0/s1. The maximum atomic E-state index is 13.3. The summed E-state index contributed by atoms with van der Waals surface area (Å²) in [6, 6.07) is 7.67. The van der Waals surface area contributed by atoms with E-state index < -0.39 is 0 Å². The van der Waals surface area contributed by atoms with Gasteiger partial charge in [0.1, 0.15) is 29.8 Å². The van der Waals surface area contributed by atoms with Crippen molar-refractivity contribution in [1.82, 2.24) is 4.98 Å². The predicted octanol–water partition coefficient (Wildman–Crippen LogP) is 3.76. The normalized spacial score (nSPS) is 15.7. The lowest BCUT2D eigenvalue weighted by Gasteiger charge is -2.34. The fourth-order valence-electron chi connectivity index (χ4n) is 3.09. The first-order chi connectivity index (χ1) is 13.8. The third-order valence-corrected chi connectivity index (χ3v) is 4.89. The second-order valence-corrected chi connectivity index (χ2v) is 7.59. The van der Waals surface area contributed by atoms with Crippen molar-refractivity contribution in [3.05, 3.63) is 47.3 Å². The second-order valence-electron chi connectivity index (χ2n) is 7.32. The topological polar surface area (TPSA) is 71.5 Å². The monoisotopic (exact) mass is 419 g/mol. The van der Waals surface area contributed by atoms with Crippen molar-refractivity contribution in [3.63, 3.8) is 0 Å². The number of rotatable bonds is 5. The number of alkyl halides is 1. The van der Waals surface area contributed by atoms with Crippen LogP contribution in [0.1, 0.15) is 31.9 Å². The molecule has 8 heteroatoms. The molecule has 2 amide bonds. The summed E-state index contributed by atoms with van der Waals surface area (Å²) in [6.07, 6.45) is 0.394. The van der Waals surface area contributed by atoms with Gasteiger partial charge < -0.3 is 15.0 Å². The zero-order valence-electron chi connectivity index (χ0n) is 16.5. The van der Waals surface area contributed by atoms with Crippen LogP contribution in [-0.4, -0.2) is 35.3 Å². The molecule has 1 N–H and O–H groups in total. The Labute approximate surface area is 174 Å². The van der Waals surface area contributed by atoms with E-state index in [2.05, 4.69) is 10.3 Å². The number of ether oxygens (including phenoxy) is 1. The number of carbonyl (C=O) groups excluding carboxylic acids is 2. The first-order valence-electron chi connectivity index (χ1n) is 9.40. The van der Waals surface area contributed by atoms with Crippen molar-refractivity contribution >= 4 is 34.9 Å². The minimum atomic E-state index is -0.327. The van der Waals surface area contributed by atoms with E-state index >= 15 is 0 Å². The number of benzene rings is 1. The van der Waals surface area contributed by atoms with Crippen LogP contribution < -0.4 is 15.0 Å². The van der Waals surface area contributed by atoms with Crippen LogP contribution in [0.15, 0.2) is 30.3 Å². The van der Waals surface area contributed by atoms with E-state index in [0.29, 0.717) is 23.5 Å². The van der Waals surface area contributed by atoms with Crippen molar-refractivity contribution < 1.29 is 18.7 Å². The Morgan fingerprint density at radius 1 is 1.34 bits per heavy atom. The van der Waals surface area contributed by atoms with E-state index in [-0.39, 0.29) is 48.0 Å². The summed E-state index contributed by atoms with van der Waals surface area (Å²) < 4.78 is 19.0. The van der Waals surface area contributed by atoms with Crippen molar-refractivity contribution in [3.8, 4) is 5.88 Å². The Hall–Kier alpha value is -2.67. The quantitative estimate of drug-likeness (QED) is 0.749. The van der Waals surface area contributed by atoms with Gasteiger partial charge in [-0.05, 0) is 30.7 Å². The minimum absolute atomic E-state index is 0.164. The molecule has 1 aromatic heterocycles. The van der Waals surface area contributed by atoms with E-state index in [0.717, 1.165) is 5.56 Å². The molecule has 1 aromatic carbocycles. The number of nitrogens with zero attached hydrogens (tertiary/aromatic N) is 2. The van der Waals surface area contributed by atoms with Crippen molar-refractivity contribution in [2.75, 3.05) is 22.7 Å². The van der Waals surface area contributed by atoms with Gasteiger partial charge in [-0.15, -0.1) is 11.6 Å². The SMILES string of the molecule is CC(C)C(=O)Nc1nc2c(cc1Cc1ccc(F)cc1)N(C(=O)CCl)[C@@H](C)CO2. The largest absolute Gasteiger partial charge is 0.474 e. The average molecular weight is 420 g/mol. The number of hydrogen-bond acceptors (Lipinski definition) is 4. The number of aromatic nitrogens is 1. The molecule has 0 unspecified atom stereocenters. The maximum Gasteiger partial charge on any atom is 0.242 e. The minimum Gasteiger partial charge on any atom is -0.474 e. The Bertz CT molecular complexity index is 918. The summed E-state index contributed by atoms with van der Waals surface area (Å²) in [4.78, 5) is 30.7. The van der Waals surface area contributed by atoms with Crippen molar-refractivity contribution in [1.29, 1.82) is 0 Å².